The van der Waals surface area contributed by atoms with Crippen LogP contribution in [-0.4, -0.2) is 15.1 Å². The van der Waals surface area contributed by atoms with Crippen molar-refractivity contribution < 1.29 is 5.11 Å². The lowest BCUT2D eigenvalue weighted by molar-refractivity contribution is 0.480. The third-order valence-electron chi connectivity index (χ3n) is 1.88. The number of phenols is 1. The molecule has 0 spiro atoms. The number of hydrogen-bond donors (Lipinski definition) is 3. The highest BCUT2D eigenvalue weighted by atomic mass is 35.5. The smallest absolute Gasteiger partial charge is 0.261 e. The highest BCUT2D eigenvalue weighted by molar-refractivity contribution is 6.39. The summed E-state index contributed by atoms with van der Waals surface area (Å²) in [6.07, 6.45) is 0. The third kappa shape index (κ3) is 1.49. The number of H-pyrrole nitrogens is 1. The van der Waals surface area contributed by atoms with Gasteiger partial charge in [0, 0.05) is 0 Å². The molecule has 0 saturated carbocycles. The molecule has 0 aliphatic carbocycles. The van der Waals surface area contributed by atoms with E-state index in [2.05, 4.69) is 9.97 Å². The zero-order valence-electron chi connectivity index (χ0n) is 7.21. The number of aromatic hydroxyl groups is 1. The number of aromatic amines is 1. The molecule has 0 saturated heterocycles. The van der Waals surface area contributed by atoms with Gasteiger partial charge in [-0.25, -0.2) is 4.98 Å². The molecule has 5 nitrogen and oxygen atoms in total. The molecule has 1 aromatic heterocycles. The van der Waals surface area contributed by atoms with Crippen molar-refractivity contribution in [2.75, 3.05) is 5.73 Å². The van der Waals surface area contributed by atoms with Gasteiger partial charge in [0.1, 0.15) is 5.52 Å². The Labute approximate surface area is 93.5 Å². The van der Waals surface area contributed by atoms with Gasteiger partial charge in [0.25, 0.3) is 5.56 Å². The Morgan fingerprint density at radius 2 is 2.07 bits per heavy atom. The summed E-state index contributed by atoms with van der Waals surface area (Å²) in [6, 6.07) is 1.27. The highest BCUT2D eigenvalue weighted by Gasteiger charge is 2.13. The van der Waals surface area contributed by atoms with Crippen LogP contribution in [0, 0.1) is 0 Å². The summed E-state index contributed by atoms with van der Waals surface area (Å²) in [6.45, 7) is 0. The second-order valence-electron chi connectivity index (χ2n) is 2.86. The van der Waals surface area contributed by atoms with E-state index in [9.17, 15) is 9.90 Å². The summed E-state index contributed by atoms with van der Waals surface area (Å²) in [5, 5.41) is 9.76. The Kier molecular flexibility index (Phi) is 2.21. The molecule has 0 unspecified atom stereocenters. The molecule has 2 rings (SSSR count). The fraction of sp³-hybridized carbons (Fsp3) is 0. The predicted molar refractivity (Wildman–Crippen MR) is 58.5 cm³/mol. The van der Waals surface area contributed by atoms with Crippen LogP contribution >= 0.6 is 23.2 Å². The quantitative estimate of drug-likeness (QED) is 0.657. The molecule has 0 aliphatic heterocycles. The van der Waals surface area contributed by atoms with Gasteiger partial charge in [-0.2, -0.15) is 0 Å². The molecule has 2 aromatic rings. The van der Waals surface area contributed by atoms with Crippen molar-refractivity contribution >= 4 is 40.1 Å². The number of nitrogens with two attached hydrogens (primary N) is 1. The standard InChI is InChI=1S/C8H5Cl2N3O2/c9-2-1-3(10)6(14)5-4(2)7(15)13-8(11)12-5/h1,14H,(H3,11,12,13,15). The van der Waals surface area contributed by atoms with Gasteiger partial charge in [0.2, 0.25) is 5.95 Å². The molecular formula is C8H5Cl2N3O2. The number of aromatic nitrogens is 2. The lowest BCUT2D eigenvalue weighted by atomic mass is 10.2. The van der Waals surface area contributed by atoms with Crippen molar-refractivity contribution in [2.45, 2.75) is 0 Å². The van der Waals surface area contributed by atoms with E-state index < -0.39 is 5.56 Å². The van der Waals surface area contributed by atoms with Crippen LogP contribution < -0.4 is 11.3 Å². The van der Waals surface area contributed by atoms with Crippen molar-refractivity contribution in [3.05, 3.63) is 26.5 Å². The molecule has 15 heavy (non-hydrogen) atoms. The Morgan fingerprint density at radius 1 is 1.40 bits per heavy atom. The first-order chi connectivity index (χ1) is 7.00. The van der Waals surface area contributed by atoms with E-state index in [-0.39, 0.29) is 32.6 Å². The lowest BCUT2D eigenvalue weighted by Crippen LogP contribution is -2.11. The van der Waals surface area contributed by atoms with Gasteiger partial charge in [0.15, 0.2) is 5.75 Å². The highest BCUT2D eigenvalue weighted by Crippen LogP contribution is 2.34. The number of nitrogens with one attached hydrogen (secondary N) is 1. The normalized spacial score (nSPS) is 10.8. The third-order valence-corrected chi connectivity index (χ3v) is 2.47. The number of hydrogen-bond acceptors (Lipinski definition) is 4. The van der Waals surface area contributed by atoms with E-state index >= 15 is 0 Å². The minimum absolute atomic E-state index is 0.00579. The van der Waals surface area contributed by atoms with Gasteiger partial charge in [-0.15, -0.1) is 0 Å². The monoisotopic (exact) mass is 245 g/mol. The molecule has 0 amide bonds. The fourth-order valence-corrected chi connectivity index (χ4v) is 1.79. The minimum atomic E-state index is -0.519. The molecule has 78 valence electrons. The maximum Gasteiger partial charge on any atom is 0.261 e. The Bertz CT molecular complexity index is 609. The van der Waals surface area contributed by atoms with E-state index in [4.69, 9.17) is 28.9 Å². The number of halogens is 2. The first kappa shape index (κ1) is 10.1. The number of fused-ring (bicyclic) bond motifs is 1. The second-order valence-corrected chi connectivity index (χ2v) is 3.68. The number of nitrogens with zero attached hydrogens (tertiary/aromatic N) is 1. The molecule has 0 atom stereocenters. The molecule has 7 heteroatoms. The van der Waals surface area contributed by atoms with E-state index in [1.807, 2.05) is 0 Å². The molecule has 0 bridgehead atoms. The molecule has 0 radical (unpaired) electrons. The van der Waals surface area contributed by atoms with Crippen LogP contribution in [0.3, 0.4) is 0 Å². The van der Waals surface area contributed by atoms with Crippen LogP contribution in [0.4, 0.5) is 5.95 Å². The number of nitrogen functional groups attached to an aromatic ring is 1. The van der Waals surface area contributed by atoms with Gasteiger partial charge in [-0.3, -0.25) is 9.78 Å². The summed E-state index contributed by atoms with van der Waals surface area (Å²) in [5.74, 6) is -0.421. The first-order valence-electron chi connectivity index (χ1n) is 3.87. The number of anilines is 1. The van der Waals surface area contributed by atoms with Crippen LogP contribution in [0.25, 0.3) is 10.9 Å². The lowest BCUT2D eigenvalue weighted by Gasteiger charge is -2.04. The van der Waals surface area contributed by atoms with Crippen LogP contribution in [0.1, 0.15) is 0 Å². The summed E-state index contributed by atoms with van der Waals surface area (Å²) in [5.41, 5.74) is 4.81. The number of phenolic OH excluding ortho intramolecular Hbond substituents is 1. The molecule has 4 N–H and O–H groups in total. The van der Waals surface area contributed by atoms with E-state index in [0.717, 1.165) is 0 Å². The summed E-state index contributed by atoms with van der Waals surface area (Å²) in [4.78, 5) is 17.5. The van der Waals surface area contributed by atoms with Crippen molar-refractivity contribution in [2.24, 2.45) is 0 Å². The zero-order valence-corrected chi connectivity index (χ0v) is 8.73. The molecule has 1 aromatic carbocycles. The maximum absolute atomic E-state index is 11.5. The Balaban J connectivity index is 3.10. The van der Waals surface area contributed by atoms with Gasteiger partial charge >= 0.3 is 0 Å². The van der Waals surface area contributed by atoms with Crippen LogP contribution in [-0.2, 0) is 0 Å². The topological polar surface area (TPSA) is 92.0 Å². The molecule has 0 aliphatic rings. The number of benzene rings is 1. The van der Waals surface area contributed by atoms with Crippen LogP contribution in [0.15, 0.2) is 10.9 Å². The van der Waals surface area contributed by atoms with E-state index in [1.165, 1.54) is 6.07 Å². The Morgan fingerprint density at radius 3 is 2.73 bits per heavy atom. The van der Waals surface area contributed by atoms with Crippen LogP contribution in [0.2, 0.25) is 10.0 Å². The fourth-order valence-electron chi connectivity index (χ4n) is 1.25. The van der Waals surface area contributed by atoms with Crippen molar-refractivity contribution in [3.63, 3.8) is 0 Å². The van der Waals surface area contributed by atoms with Crippen molar-refractivity contribution in [3.8, 4) is 5.75 Å². The van der Waals surface area contributed by atoms with E-state index in [1.54, 1.807) is 0 Å². The van der Waals surface area contributed by atoms with Crippen LogP contribution in [0.5, 0.6) is 5.75 Å². The van der Waals surface area contributed by atoms with Crippen molar-refractivity contribution in [1.82, 2.24) is 9.97 Å². The number of rotatable bonds is 0. The molecule has 1 heterocycles. The maximum atomic E-state index is 11.5. The van der Waals surface area contributed by atoms with Gasteiger partial charge in [0.05, 0.1) is 15.4 Å². The van der Waals surface area contributed by atoms with Gasteiger partial charge < -0.3 is 10.8 Å². The van der Waals surface area contributed by atoms with Gasteiger partial charge in [-0.1, -0.05) is 23.2 Å². The zero-order chi connectivity index (χ0) is 11.2. The van der Waals surface area contributed by atoms with Gasteiger partial charge in [-0.05, 0) is 6.07 Å². The average Bonchev–Trinajstić information content (AvgIpc) is 2.12. The summed E-state index contributed by atoms with van der Waals surface area (Å²) < 4.78 is 0. The first-order valence-corrected chi connectivity index (χ1v) is 4.62. The predicted octanol–water partition coefficient (Wildman–Crippen LogP) is 1.52. The second kappa shape index (κ2) is 3.29. The minimum Gasteiger partial charge on any atom is -0.504 e. The summed E-state index contributed by atoms with van der Waals surface area (Å²) in [7, 11) is 0. The molecular weight excluding hydrogens is 241 g/mol. The SMILES string of the molecule is Nc1nc2c(O)c(Cl)cc(Cl)c2c(=O)[nH]1. The Hall–Kier alpha value is -1.46. The molecule has 0 fully saturated rings. The van der Waals surface area contributed by atoms with E-state index in [0.29, 0.717) is 0 Å². The summed E-state index contributed by atoms with van der Waals surface area (Å²) >= 11 is 11.5. The van der Waals surface area contributed by atoms with Crippen molar-refractivity contribution in [1.29, 1.82) is 0 Å². The largest absolute Gasteiger partial charge is 0.504 e. The average molecular weight is 246 g/mol.